The topological polar surface area (TPSA) is 9.23 Å². The van der Waals surface area contributed by atoms with E-state index in [0.29, 0.717) is 12.2 Å². The molecule has 0 saturated heterocycles. The van der Waals surface area contributed by atoms with Crippen LogP contribution in [0, 0.1) is 12.7 Å². The molecule has 122 valence electrons. The lowest BCUT2D eigenvalue weighted by atomic mass is 9.99. The lowest BCUT2D eigenvalue weighted by Gasteiger charge is -2.11. The Morgan fingerprint density at radius 2 is 1.38 bits per heavy atom. The largest absolute Gasteiger partial charge is 0.491 e. The first-order valence-corrected chi connectivity index (χ1v) is 8.26. The van der Waals surface area contributed by atoms with E-state index in [4.69, 9.17) is 16.3 Å². The van der Waals surface area contributed by atoms with Gasteiger partial charge in [0.15, 0.2) is 11.6 Å². The van der Waals surface area contributed by atoms with Crippen LogP contribution in [0.4, 0.5) is 4.39 Å². The molecule has 0 heterocycles. The molecule has 3 heteroatoms. The van der Waals surface area contributed by atoms with Gasteiger partial charge < -0.3 is 4.74 Å². The fraction of sp³-hybridized carbons (Fsp3) is 0.143. The Morgan fingerprint density at radius 3 is 1.96 bits per heavy atom. The van der Waals surface area contributed by atoms with E-state index in [-0.39, 0.29) is 10.8 Å². The van der Waals surface area contributed by atoms with Crippen LogP contribution in [0.5, 0.6) is 5.75 Å². The predicted octanol–water partition coefficient (Wildman–Crippen LogP) is 6.52. The van der Waals surface area contributed by atoms with Gasteiger partial charge in [-0.15, -0.1) is 0 Å². The van der Waals surface area contributed by atoms with E-state index in [9.17, 15) is 4.39 Å². The third-order valence-corrected chi connectivity index (χ3v) is 4.30. The second-order valence-corrected chi connectivity index (χ2v) is 5.99. The van der Waals surface area contributed by atoms with Crippen molar-refractivity contribution in [3.8, 4) is 28.0 Å². The summed E-state index contributed by atoms with van der Waals surface area (Å²) in [6.07, 6.45) is 0. The molecule has 0 saturated carbocycles. The summed E-state index contributed by atoms with van der Waals surface area (Å²) in [6.45, 7) is 4.28. The van der Waals surface area contributed by atoms with Crippen LogP contribution in [0.2, 0.25) is 5.02 Å². The second kappa shape index (κ2) is 7.06. The maximum atomic E-state index is 14.3. The monoisotopic (exact) mass is 340 g/mol. The zero-order valence-corrected chi connectivity index (χ0v) is 14.4. The highest BCUT2D eigenvalue weighted by atomic mass is 35.5. The Bertz CT molecular complexity index is 839. The molecule has 24 heavy (non-hydrogen) atoms. The average Bonchev–Trinajstić information content (AvgIpc) is 2.60. The fourth-order valence-corrected chi connectivity index (χ4v) is 2.88. The van der Waals surface area contributed by atoms with Crippen LogP contribution in [0.25, 0.3) is 22.3 Å². The van der Waals surface area contributed by atoms with Crippen molar-refractivity contribution in [2.24, 2.45) is 0 Å². The number of halogens is 2. The molecule has 0 fully saturated rings. The molecule has 0 unspecified atom stereocenters. The van der Waals surface area contributed by atoms with Gasteiger partial charge >= 0.3 is 0 Å². The fourth-order valence-electron chi connectivity index (χ4n) is 2.61. The van der Waals surface area contributed by atoms with Crippen molar-refractivity contribution in [3.05, 3.63) is 77.1 Å². The summed E-state index contributed by atoms with van der Waals surface area (Å²) < 4.78 is 19.5. The molecule has 0 spiro atoms. The number of hydrogen-bond acceptors (Lipinski definition) is 1. The van der Waals surface area contributed by atoms with E-state index in [1.54, 1.807) is 12.1 Å². The lowest BCUT2D eigenvalue weighted by molar-refractivity contribution is 0.322. The zero-order chi connectivity index (χ0) is 17.1. The van der Waals surface area contributed by atoms with E-state index in [0.717, 1.165) is 16.7 Å². The molecule has 0 aliphatic heterocycles. The molecule has 0 aromatic heterocycles. The summed E-state index contributed by atoms with van der Waals surface area (Å²) in [6, 6.07) is 19.7. The van der Waals surface area contributed by atoms with Gasteiger partial charge in [-0.3, -0.25) is 0 Å². The van der Waals surface area contributed by atoms with Crippen molar-refractivity contribution >= 4 is 11.6 Å². The van der Waals surface area contributed by atoms with E-state index in [1.807, 2.05) is 31.2 Å². The Hall–Kier alpha value is -2.32. The van der Waals surface area contributed by atoms with Crippen molar-refractivity contribution in [1.82, 2.24) is 0 Å². The third-order valence-electron chi connectivity index (χ3n) is 3.93. The summed E-state index contributed by atoms with van der Waals surface area (Å²) >= 11 is 6.19. The molecule has 0 radical (unpaired) electrons. The Balaban J connectivity index is 1.93. The minimum Gasteiger partial charge on any atom is -0.491 e. The molecular formula is C21H18ClFO. The predicted molar refractivity (Wildman–Crippen MR) is 98.2 cm³/mol. The molecule has 3 aromatic rings. The molecular weight excluding hydrogens is 323 g/mol. The van der Waals surface area contributed by atoms with Crippen molar-refractivity contribution in [2.45, 2.75) is 13.8 Å². The Labute approximate surface area is 146 Å². The van der Waals surface area contributed by atoms with Gasteiger partial charge in [-0.25, -0.2) is 4.39 Å². The van der Waals surface area contributed by atoms with Gasteiger partial charge in [0, 0.05) is 5.56 Å². The lowest BCUT2D eigenvalue weighted by Crippen LogP contribution is -1.96. The molecule has 3 aromatic carbocycles. The molecule has 0 atom stereocenters. The number of hydrogen-bond donors (Lipinski definition) is 0. The van der Waals surface area contributed by atoms with Crippen LogP contribution in [0.3, 0.4) is 0 Å². The van der Waals surface area contributed by atoms with Crippen LogP contribution in [-0.4, -0.2) is 6.61 Å². The quantitative estimate of drug-likeness (QED) is 0.525. The van der Waals surface area contributed by atoms with Gasteiger partial charge in [0.1, 0.15) is 0 Å². The molecule has 0 amide bonds. The minimum absolute atomic E-state index is 0.0871. The summed E-state index contributed by atoms with van der Waals surface area (Å²) in [5, 5.41) is 0.0871. The molecule has 0 aliphatic carbocycles. The Kier molecular flexibility index (Phi) is 4.86. The van der Waals surface area contributed by atoms with E-state index < -0.39 is 5.82 Å². The van der Waals surface area contributed by atoms with Crippen LogP contribution >= 0.6 is 11.6 Å². The van der Waals surface area contributed by atoms with Crippen LogP contribution in [0.15, 0.2) is 60.7 Å². The highest BCUT2D eigenvalue weighted by molar-refractivity contribution is 6.33. The van der Waals surface area contributed by atoms with Crippen LogP contribution in [-0.2, 0) is 0 Å². The smallest absolute Gasteiger partial charge is 0.184 e. The average molecular weight is 341 g/mol. The van der Waals surface area contributed by atoms with Crippen molar-refractivity contribution in [1.29, 1.82) is 0 Å². The number of aryl methyl sites for hydroxylation is 1. The van der Waals surface area contributed by atoms with Crippen LogP contribution in [0.1, 0.15) is 12.5 Å². The summed E-state index contributed by atoms with van der Waals surface area (Å²) in [4.78, 5) is 0. The first-order valence-electron chi connectivity index (χ1n) is 7.88. The van der Waals surface area contributed by atoms with Gasteiger partial charge in [-0.1, -0.05) is 65.7 Å². The Morgan fingerprint density at radius 1 is 0.833 bits per heavy atom. The number of rotatable bonds is 4. The summed E-state index contributed by atoms with van der Waals surface area (Å²) in [5.41, 5.74) is 5.02. The SMILES string of the molecule is CCOc1ccc(-c2ccc(-c3ccc(C)cc3)cc2)c(Cl)c1F. The number of benzene rings is 3. The van der Waals surface area contributed by atoms with E-state index in [2.05, 4.69) is 31.2 Å². The molecule has 0 N–H and O–H groups in total. The first kappa shape index (κ1) is 16.5. The van der Waals surface area contributed by atoms with Gasteiger partial charge in [-0.05, 0) is 42.7 Å². The maximum Gasteiger partial charge on any atom is 0.184 e. The molecule has 1 nitrogen and oxygen atoms in total. The first-order chi connectivity index (χ1) is 11.6. The standard InChI is InChI=1S/C21H18ClFO/c1-3-24-19-13-12-18(20(22)21(19)23)17-10-8-16(9-11-17)15-6-4-14(2)5-7-15/h4-13H,3H2,1-2H3. The van der Waals surface area contributed by atoms with Gasteiger partial charge in [-0.2, -0.15) is 0 Å². The molecule has 0 bridgehead atoms. The zero-order valence-electron chi connectivity index (χ0n) is 13.6. The van der Waals surface area contributed by atoms with Gasteiger partial charge in [0.2, 0.25) is 0 Å². The van der Waals surface area contributed by atoms with Gasteiger partial charge in [0.25, 0.3) is 0 Å². The van der Waals surface area contributed by atoms with E-state index in [1.165, 1.54) is 5.56 Å². The van der Waals surface area contributed by atoms with Crippen molar-refractivity contribution in [2.75, 3.05) is 6.61 Å². The summed E-state index contributed by atoms with van der Waals surface area (Å²) in [7, 11) is 0. The summed E-state index contributed by atoms with van der Waals surface area (Å²) in [5.74, 6) is -0.332. The van der Waals surface area contributed by atoms with Crippen LogP contribution < -0.4 is 4.74 Å². The number of ether oxygens (including phenoxy) is 1. The second-order valence-electron chi connectivity index (χ2n) is 5.62. The highest BCUT2D eigenvalue weighted by Crippen LogP contribution is 2.35. The van der Waals surface area contributed by atoms with Crippen molar-refractivity contribution < 1.29 is 9.13 Å². The molecule has 0 aliphatic rings. The van der Waals surface area contributed by atoms with E-state index >= 15 is 0 Å². The highest BCUT2D eigenvalue weighted by Gasteiger charge is 2.14. The van der Waals surface area contributed by atoms with Gasteiger partial charge in [0.05, 0.1) is 11.6 Å². The third kappa shape index (κ3) is 3.29. The minimum atomic E-state index is -0.515. The maximum absolute atomic E-state index is 14.3. The molecule has 3 rings (SSSR count). The van der Waals surface area contributed by atoms with Crippen molar-refractivity contribution in [3.63, 3.8) is 0 Å². The normalized spacial score (nSPS) is 10.7.